The molecular weight excluding hydrogens is 404 g/mol. The molecule has 0 saturated heterocycles. The van der Waals surface area contributed by atoms with Gasteiger partial charge >= 0.3 is 0 Å². The summed E-state index contributed by atoms with van der Waals surface area (Å²) in [4.78, 5) is 10.3. The van der Waals surface area contributed by atoms with Gasteiger partial charge in [0.15, 0.2) is 0 Å². The Labute approximate surface area is 180 Å². The first-order chi connectivity index (χ1) is 14.8. The summed E-state index contributed by atoms with van der Waals surface area (Å²) in [6.07, 6.45) is 0. The predicted octanol–water partition coefficient (Wildman–Crippen LogP) is 4.82. The van der Waals surface area contributed by atoms with Crippen LogP contribution in [0.4, 0.5) is 14.7 Å². The second-order valence-electron chi connectivity index (χ2n) is 7.04. The van der Waals surface area contributed by atoms with Crippen molar-refractivity contribution in [1.82, 2.24) is 9.97 Å². The number of hydrogen-bond donors (Lipinski definition) is 0. The summed E-state index contributed by atoms with van der Waals surface area (Å²) in [5.74, 6) is -1.43. The van der Waals surface area contributed by atoms with Crippen LogP contribution in [0.5, 0.6) is 17.4 Å². The second-order valence-corrected chi connectivity index (χ2v) is 7.04. The summed E-state index contributed by atoms with van der Waals surface area (Å²) >= 11 is 0. The van der Waals surface area contributed by atoms with Gasteiger partial charge < -0.3 is 19.1 Å². The molecule has 6 nitrogen and oxygen atoms in total. The van der Waals surface area contributed by atoms with Crippen molar-refractivity contribution in [1.29, 1.82) is 0 Å². The molecule has 0 N–H and O–H groups in total. The minimum absolute atomic E-state index is 0.0796. The molecule has 0 spiro atoms. The van der Waals surface area contributed by atoms with Gasteiger partial charge in [0.2, 0.25) is 11.8 Å². The van der Waals surface area contributed by atoms with Gasteiger partial charge in [-0.25, -0.2) is 4.98 Å². The van der Waals surface area contributed by atoms with E-state index in [1.165, 1.54) is 7.11 Å². The third-order valence-corrected chi connectivity index (χ3v) is 4.70. The number of hydrogen-bond acceptors (Lipinski definition) is 6. The highest BCUT2D eigenvalue weighted by Crippen LogP contribution is 2.30. The zero-order valence-corrected chi connectivity index (χ0v) is 17.9. The number of nitrogens with zero attached hydrogens (tertiary/aromatic N) is 3. The zero-order valence-electron chi connectivity index (χ0n) is 17.9. The zero-order chi connectivity index (χ0) is 22.4. The quantitative estimate of drug-likeness (QED) is 0.486. The molecule has 0 atom stereocenters. The maximum Gasteiger partial charge on any atom is 0.287 e. The van der Waals surface area contributed by atoms with Crippen LogP contribution in [-0.4, -0.2) is 31.3 Å². The van der Waals surface area contributed by atoms with Crippen molar-refractivity contribution in [2.24, 2.45) is 0 Å². The van der Waals surface area contributed by atoms with E-state index in [4.69, 9.17) is 14.2 Å². The molecule has 0 saturated carbocycles. The number of alkyl halides is 2. The topological polar surface area (TPSA) is 56.7 Å². The fraction of sp³-hybridized carbons (Fsp3) is 0.304. The summed E-state index contributed by atoms with van der Waals surface area (Å²) in [5, 5.41) is 0. The molecule has 0 aliphatic heterocycles. The van der Waals surface area contributed by atoms with E-state index in [1.807, 2.05) is 53.4 Å². The van der Waals surface area contributed by atoms with Gasteiger partial charge in [0.1, 0.15) is 17.2 Å². The molecular formula is C23H25F2N3O3. The molecule has 0 unspecified atom stereocenters. The van der Waals surface area contributed by atoms with Crippen molar-refractivity contribution >= 4 is 5.95 Å². The van der Waals surface area contributed by atoms with Crippen molar-refractivity contribution in [3.63, 3.8) is 0 Å². The van der Waals surface area contributed by atoms with Crippen molar-refractivity contribution in [2.45, 2.75) is 25.9 Å². The molecule has 1 aromatic heterocycles. The van der Waals surface area contributed by atoms with Crippen LogP contribution < -0.4 is 19.1 Å². The molecule has 0 amide bonds. The largest absolute Gasteiger partial charge is 0.497 e. The normalized spacial score (nSPS) is 11.2. The Bertz CT molecular complexity index is 941. The van der Waals surface area contributed by atoms with Gasteiger partial charge in [-0.15, -0.1) is 0 Å². The number of aromatic nitrogens is 2. The minimum atomic E-state index is -3.13. The second kappa shape index (κ2) is 9.59. The lowest BCUT2D eigenvalue weighted by Crippen LogP contribution is -2.26. The van der Waals surface area contributed by atoms with Gasteiger partial charge in [0, 0.05) is 26.1 Å². The van der Waals surface area contributed by atoms with E-state index in [1.54, 1.807) is 14.2 Å². The van der Waals surface area contributed by atoms with Gasteiger partial charge in [0.05, 0.1) is 21.3 Å². The number of anilines is 1. The van der Waals surface area contributed by atoms with Gasteiger partial charge in [-0.3, -0.25) is 0 Å². The van der Waals surface area contributed by atoms with Crippen molar-refractivity contribution in [2.75, 3.05) is 26.2 Å². The Morgan fingerprint density at radius 3 is 1.65 bits per heavy atom. The lowest BCUT2D eigenvalue weighted by molar-refractivity contribution is 0.0124. The Hall–Kier alpha value is -3.42. The Balaban J connectivity index is 1.99. The Morgan fingerprint density at radius 1 is 0.774 bits per heavy atom. The summed E-state index contributed by atoms with van der Waals surface area (Å²) in [6, 6.07) is 16.2. The van der Waals surface area contributed by atoms with Crippen LogP contribution >= 0.6 is 0 Å². The monoisotopic (exact) mass is 429 g/mol. The number of benzene rings is 2. The van der Waals surface area contributed by atoms with Gasteiger partial charge in [0.25, 0.3) is 5.92 Å². The molecule has 0 radical (unpaired) electrons. The predicted molar refractivity (Wildman–Crippen MR) is 114 cm³/mol. The van der Waals surface area contributed by atoms with Gasteiger partial charge in [-0.1, -0.05) is 24.3 Å². The minimum Gasteiger partial charge on any atom is -0.497 e. The SMILES string of the molecule is COc1ccc(CN(Cc2ccc(OC)cc2)c2nc(OC)cc(C(C)(F)F)n2)cc1. The van der Waals surface area contributed by atoms with E-state index in [9.17, 15) is 8.78 Å². The molecule has 31 heavy (non-hydrogen) atoms. The molecule has 0 fully saturated rings. The van der Waals surface area contributed by atoms with E-state index in [0.29, 0.717) is 13.1 Å². The van der Waals surface area contributed by atoms with E-state index in [0.717, 1.165) is 35.6 Å². The van der Waals surface area contributed by atoms with Gasteiger partial charge in [-0.05, 0) is 35.4 Å². The molecule has 2 aromatic carbocycles. The van der Waals surface area contributed by atoms with Crippen LogP contribution in [0.25, 0.3) is 0 Å². The van der Waals surface area contributed by atoms with Crippen LogP contribution in [0, 0.1) is 0 Å². The Morgan fingerprint density at radius 2 is 1.26 bits per heavy atom. The van der Waals surface area contributed by atoms with E-state index in [-0.39, 0.29) is 11.8 Å². The highest BCUT2D eigenvalue weighted by Gasteiger charge is 2.29. The lowest BCUT2D eigenvalue weighted by atomic mass is 10.1. The fourth-order valence-electron chi connectivity index (χ4n) is 2.98. The molecule has 3 rings (SSSR count). The average molecular weight is 429 g/mol. The standard InChI is InChI=1S/C23H25F2N3O3/c1-23(24,25)20-13-21(31-4)27-22(26-20)28(14-16-5-9-18(29-2)10-6-16)15-17-7-11-19(30-3)12-8-17/h5-13H,14-15H2,1-4H3. The molecule has 0 aliphatic rings. The first-order valence-corrected chi connectivity index (χ1v) is 9.64. The first-order valence-electron chi connectivity index (χ1n) is 9.64. The maximum absolute atomic E-state index is 14.0. The molecule has 0 aliphatic carbocycles. The number of methoxy groups -OCH3 is 3. The highest BCUT2D eigenvalue weighted by molar-refractivity contribution is 5.40. The van der Waals surface area contributed by atoms with Crippen LogP contribution in [0.15, 0.2) is 54.6 Å². The number of rotatable bonds is 9. The van der Waals surface area contributed by atoms with Crippen LogP contribution in [-0.2, 0) is 19.0 Å². The summed E-state index contributed by atoms with van der Waals surface area (Å²) in [6.45, 7) is 1.60. The summed E-state index contributed by atoms with van der Waals surface area (Å²) in [5.41, 5.74) is 1.50. The first kappa shape index (κ1) is 22.3. The van der Waals surface area contributed by atoms with Crippen LogP contribution in [0.2, 0.25) is 0 Å². The van der Waals surface area contributed by atoms with Crippen molar-refractivity contribution in [3.8, 4) is 17.4 Å². The molecule has 1 heterocycles. The molecule has 8 heteroatoms. The van der Waals surface area contributed by atoms with Crippen molar-refractivity contribution in [3.05, 3.63) is 71.4 Å². The summed E-state index contributed by atoms with van der Waals surface area (Å²) < 4.78 is 43.7. The van der Waals surface area contributed by atoms with E-state index >= 15 is 0 Å². The molecule has 0 bridgehead atoms. The third kappa shape index (κ3) is 5.81. The summed E-state index contributed by atoms with van der Waals surface area (Å²) in [7, 11) is 4.59. The number of ether oxygens (including phenoxy) is 3. The van der Waals surface area contributed by atoms with Crippen molar-refractivity contribution < 1.29 is 23.0 Å². The fourth-order valence-corrected chi connectivity index (χ4v) is 2.98. The molecule has 3 aromatic rings. The Kier molecular flexibility index (Phi) is 6.89. The van der Waals surface area contributed by atoms with E-state index < -0.39 is 11.6 Å². The van der Waals surface area contributed by atoms with Gasteiger partial charge in [-0.2, -0.15) is 13.8 Å². The smallest absolute Gasteiger partial charge is 0.287 e. The number of halogens is 2. The molecule has 164 valence electrons. The average Bonchev–Trinajstić information content (AvgIpc) is 2.78. The van der Waals surface area contributed by atoms with Crippen LogP contribution in [0.3, 0.4) is 0 Å². The van der Waals surface area contributed by atoms with Crippen LogP contribution in [0.1, 0.15) is 23.7 Å². The third-order valence-electron chi connectivity index (χ3n) is 4.70. The highest BCUT2D eigenvalue weighted by atomic mass is 19.3. The maximum atomic E-state index is 14.0. The lowest BCUT2D eigenvalue weighted by Gasteiger charge is -2.24. The van der Waals surface area contributed by atoms with E-state index in [2.05, 4.69) is 9.97 Å².